The molecule has 2 amide bonds. The summed E-state index contributed by atoms with van der Waals surface area (Å²) in [4.78, 5) is 29.9. The van der Waals surface area contributed by atoms with Gasteiger partial charge in [-0.05, 0) is 69.2 Å². The number of nitrogens with one attached hydrogen (secondary N) is 2. The average molecular weight is 438 g/mol. The smallest absolute Gasteiger partial charge is 0.224 e. The molecule has 0 aliphatic heterocycles. The summed E-state index contributed by atoms with van der Waals surface area (Å²) in [6.07, 6.45) is 10.2. The number of ether oxygens (including phenoxy) is 1. The van der Waals surface area contributed by atoms with E-state index in [1.54, 1.807) is 6.20 Å². The van der Waals surface area contributed by atoms with Crippen LogP contribution in [0.15, 0.2) is 36.5 Å². The maximum absolute atomic E-state index is 13.0. The van der Waals surface area contributed by atoms with Gasteiger partial charge in [0, 0.05) is 36.0 Å². The van der Waals surface area contributed by atoms with Crippen molar-refractivity contribution in [2.75, 3.05) is 6.54 Å². The van der Waals surface area contributed by atoms with Gasteiger partial charge in [-0.15, -0.1) is 0 Å². The Morgan fingerprint density at radius 3 is 2.50 bits per heavy atom. The summed E-state index contributed by atoms with van der Waals surface area (Å²) in [5.74, 6) is 0.612. The number of carbonyl (C=O) groups excluding carboxylic acids is 2. The number of fused-ring (bicyclic) bond motifs is 1. The highest BCUT2D eigenvalue weighted by Gasteiger charge is 2.36. The van der Waals surface area contributed by atoms with Crippen molar-refractivity contribution in [2.45, 2.75) is 76.9 Å². The number of aromatic nitrogens is 1. The third-order valence-electron chi connectivity index (χ3n) is 6.89. The minimum Gasteiger partial charge on any atom is -0.490 e. The van der Waals surface area contributed by atoms with E-state index in [9.17, 15) is 9.59 Å². The van der Waals surface area contributed by atoms with Gasteiger partial charge in [-0.3, -0.25) is 14.6 Å². The van der Waals surface area contributed by atoms with Crippen LogP contribution in [0.3, 0.4) is 0 Å². The molecular formula is C26H35N3O3. The molecule has 2 aliphatic rings. The molecule has 32 heavy (non-hydrogen) atoms. The summed E-state index contributed by atoms with van der Waals surface area (Å²) in [6, 6.07) is 10.2. The van der Waals surface area contributed by atoms with E-state index in [0.29, 0.717) is 6.54 Å². The van der Waals surface area contributed by atoms with E-state index < -0.39 is 0 Å². The maximum Gasteiger partial charge on any atom is 0.224 e. The highest BCUT2D eigenvalue weighted by atomic mass is 16.5. The Labute approximate surface area is 190 Å². The molecule has 0 bridgehead atoms. The third kappa shape index (κ3) is 5.59. The van der Waals surface area contributed by atoms with Crippen LogP contribution >= 0.6 is 0 Å². The molecular weight excluding hydrogens is 402 g/mol. The molecule has 6 nitrogen and oxygen atoms in total. The van der Waals surface area contributed by atoms with Crippen molar-refractivity contribution in [3.05, 3.63) is 36.5 Å². The summed E-state index contributed by atoms with van der Waals surface area (Å²) in [5.41, 5.74) is 0.968. The average Bonchev–Trinajstić information content (AvgIpc) is 2.83. The lowest BCUT2D eigenvalue weighted by molar-refractivity contribution is -0.137. The lowest BCUT2D eigenvalue weighted by Crippen LogP contribution is -2.47. The maximum atomic E-state index is 13.0. The van der Waals surface area contributed by atoms with Crippen LogP contribution in [0.1, 0.15) is 64.7 Å². The van der Waals surface area contributed by atoms with E-state index in [1.165, 1.54) is 0 Å². The van der Waals surface area contributed by atoms with Crippen molar-refractivity contribution in [3.8, 4) is 5.75 Å². The minimum atomic E-state index is -0.194. The van der Waals surface area contributed by atoms with Crippen LogP contribution in [0.2, 0.25) is 0 Å². The zero-order valence-electron chi connectivity index (χ0n) is 19.0. The van der Waals surface area contributed by atoms with E-state index in [0.717, 1.165) is 74.4 Å². The number of carbonyl (C=O) groups is 2. The molecule has 0 radical (unpaired) electrons. The van der Waals surface area contributed by atoms with Gasteiger partial charge >= 0.3 is 0 Å². The minimum absolute atomic E-state index is 0.0504. The SMILES string of the molecule is CCCNC(=O)[C@@H]1CCCC[C@@H]1C(=O)NC1CCC(Oc2ccc3ncccc3c2)CC1. The molecule has 2 fully saturated rings. The molecule has 2 saturated carbocycles. The summed E-state index contributed by atoms with van der Waals surface area (Å²) in [5, 5.41) is 7.33. The van der Waals surface area contributed by atoms with Gasteiger partial charge in [-0.2, -0.15) is 0 Å². The first kappa shape index (κ1) is 22.6. The standard InChI is InChI=1S/C26H35N3O3/c1-2-15-28-25(30)22-7-3-4-8-23(22)26(31)29-19-9-11-20(12-10-19)32-21-13-14-24-18(17-21)6-5-16-27-24/h5-6,13-14,16-17,19-20,22-23H,2-4,7-12,15H2,1H3,(H,28,30)(H,29,31)/t19?,20?,22-,23+/m1/s1. The van der Waals surface area contributed by atoms with E-state index >= 15 is 0 Å². The Morgan fingerprint density at radius 1 is 1.00 bits per heavy atom. The van der Waals surface area contributed by atoms with E-state index in [-0.39, 0.29) is 35.8 Å². The third-order valence-corrected chi connectivity index (χ3v) is 6.89. The van der Waals surface area contributed by atoms with Gasteiger partial charge < -0.3 is 15.4 Å². The van der Waals surface area contributed by atoms with Crippen LogP contribution in [-0.4, -0.2) is 35.5 Å². The number of rotatable bonds is 7. The fraction of sp³-hybridized carbons (Fsp3) is 0.577. The lowest BCUT2D eigenvalue weighted by atomic mass is 9.77. The first-order valence-electron chi connectivity index (χ1n) is 12.2. The van der Waals surface area contributed by atoms with Gasteiger partial charge in [-0.1, -0.05) is 25.8 Å². The molecule has 0 unspecified atom stereocenters. The molecule has 2 N–H and O–H groups in total. The van der Waals surface area contributed by atoms with Crippen LogP contribution in [-0.2, 0) is 9.59 Å². The van der Waals surface area contributed by atoms with E-state index in [4.69, 9.17) is 4.74 Å². The second-order valence-corrected chi connectivity index (χ2v) is 9.25. The molecule has 4 rings (SSSR count). The zero-order chi connectivity index (χ0) is 22.3. The van der Waals surface area contributed by atoms with Gasteiger partial charge in [0.25, 0.3) is 0 Å². The van der Waals surface area contributed by atoms with Crippen LogP contribution in [0, 0.1) is 11.8 Å². The zero-order valence-corrected chi connectivity index (χ0v) is 19.0. The Morgan fingerprint density at radius 2 is 1.75 bits per heavy atom. The van der Waals surface area contributed by atoms with Crippen molar-refractivity contribution < 1.29 is 14.3 Å². The summed E-state index contributed by atoms with van der Waals surface area (Å²) < 4.78 is 6.23. The molecule has 2 aliphatic carbocycles. The Kier molecular flexibility index (Phi) is 7.61. The van der Waals surface area contributed by atoms with Crippen molar-refractivity contribution in [1.29, 1.82) is 0 Å². The number of nitrogens with zero attached hydrogens (tertiary/aromatic N) is 1. The first-order chi connectivity index (χ1) is 15.6. The highest BCUT2D eigenvalue weighted by Crippen LogP contribution is 2.32. The topological polar surface area (TPSA) is 80.3 Å². The van der Waals surface area contributed by atoms with Gasteiger partial charge in [-0.25, -0.2) is 0 Å². The first-order valence-corrected chi connectivity index (χ1v) is 12.2. The molecule has 1 aromatic carbocycles. The number of hydrogen-bond donors (Lipinski definition) is 2. The van der Waals surface area contributed by atoms with E-state index in [2.05, 4.69) is 15.6 Å². The van der Waals surface area contributed by atoms with Crippen LogP contribution in [0.25, 0.3) is 10.9 Å². The number of benzene rings is 1. The Bertz CT molecular complexity index is 923. The van der Waals surface area contributed by atoms with Gasteiger partial charge in [0.15, 0.2) is 0 Å². The van der Waals surface area contributed by atoms with Gasteiger partial charge in [0.1, 0.15) is 5.75 Å². The fourth-order valence-corrected chi connectivity index (χ4v) is 5.09. The highest BCUT2D eigenvalue weighted by molar-refractivity contribution is 5.88. The summed E-state index contributed by atoms with van der Waals surface area (Å²) in [7, 11) is 0. The lowest BCUT2D eigenvalue weighted by Gasteiger charge is -2.33. The van der Waals surface area contributed by atoms with Crippen LogP contribution in [0.4, 0.5) is 0 Å². The van der Waals surface area contributed by atoms with Gasteiger partial charge in [0.05, 0.1) is 11.6 Å². The van der Waals surface area contributed by atoms with Crippen molar-refractivity contribution >= 4 is 22.7 Å². The normalized spacial score (nSPS) is 25.8. The molecule has 2 atom stereocenters. The second-order valence-electron chi connectivity index (χ2n) is 9.25. The molecule has 2 aromatic rings. The molecule has 172 valence electrons. The quantitative estimate of drug-likeness (QED) is 0.674. The van der Waals surface area contributed by atoms with E-state index in [1.807, 2.05) is 37.3 Å². The predicted molar refractivity (Wildman–Crippen MR) is 125 cm³/mol. The number of pyridine rings is 1. The second kappa shape index (κ2) is 10.8. The predicted octanol–water partition coefficient (Wildman–Crippen LogP) is 4.37. The van der Waals surface area contributed by atoms with Crippen molar-refractivity contribution in [2.24, 2.45) is 11.8 Å². The van der Waals surface area contributed by atoms with Crippen LogP contribution < -0.4 is 15.4 Å². The fourth-order valence-electron chi connectivity index (χ4n) is 5.09. The van der Waals surface area contributed by atoms with Crippen molar-refractivity contribution in [1.82, 2.24) is 15.6 Å². The Hall–Kier alpha value is -2.63. The summed E-state index contributed by atoms with van der Waals surface area (Å²) >= 11 is 0. The summed E-state index contributed by atoms with van der Waals surface area (Å²) in [6.45, 7) is 2.73. The number of hydrogen-bond acceptors (Lipinski definition) is 4. The molecule has 0 saturated heterocycles. The Balaban J connectivity index is 1.27. The largest absolute Gasteiger partial charge is 0.490 e. The molecule has 0 spiro atoms. The monoisotopic (exact) mass is 437 g/mol. The van der Waals surface area contributed by atoms with Crippen molar-refractivity contribution in [3.63, 3.8) is 0 Å². The van der Waals surface area contributed by atoms with Gasteiger partial charge in [0.2, 0.25) is 11.8 Å². The molecule has 1 aromatic heterocycles. The van der Waals surface area contributed by atoms with Crippen LogP contribution in [0.5, 0.6) is 5.75 Å². The molecule has 1 heterocycles. The molecule has 6 heteroatoms. The number of amides is 2.